The van der Waals surface area contributed by atoms with Gasteiger partial charge in [0.1, 0.15) is 0 Å². The van der Waals surface area contributed by atoms with Crippen LogP contribution >= 0.6 is 0 Å². The maximum Gasteiger partial charge on any atom is 0.251 e. The second-order valence-electron chi connectivity index (χ2n) is 6.74. The molecule has 1 amide bonds. The van der Waals surface area contributed by atoms with Crippen LogP contribution in [0.25, 0.3) is 0 Å². The lowest BCUT2D eigenvalue weighted by atomic mass is 10.1. The fourth-order valence-electron chi connectivity index (χ4n) is 3.26. The van der Waals surface area contributed by atoms with E-state index in [2.05, 4.69) is 34.5 Å². The lowest BCUT2D eigenvalue weighted by Gasteiger charge is -2.33. The van der Waals surface area contributed by atoms with E-state index < -0.39 is 0 Å². The molecular weight excluding hydrogens is 312 g/mol. The summed E-state index contributed by atoms with van der Waals surface area (Å²) in [6, 6.07) is 16.4. The molecule has 0 radical (unpaired) electrons. The normalized spacial score (nSPS) is 18.1. The standard InChI is InChI=1S/C21H26N2O2/c1-16-8-9-20(17(2)12-16)21(24)22-13-19-15-23(10-11-25-19)14-18-6-4-3-5-7-18/h3-9,12,19H,10-11,13-15H2,1-2H3,(H,22,24). The molecule has 25 heavy (non-hydrogen) atoms. The van der Waals surface area contributed by atoms with Gasteiger partial charge in [-0.3, -0.25) is 9.69 Å². The molecule has 132 valence electrons. The maximum atomic E-state index is 12.4. The van der Waals surface area contributed by atoms with Crippen LogP contribution in [0.3, 0.4) is 0 Å². The predicted molar refractivity (Wildman–Crippen MR) is 99.7 cm³/mol. The summed E-state index contributed by atoms with van der Waals surface area (Å²) >= 11 is 0. The van der Waals surface area contributed by atoms with Crippen LogP contribution in [-0.4, -0.2) is 43.2 Å². The summed E-state index contributed by atoms with van der Waals surface area (Å²) in [5.41, 5.74) is 4.22. The second-order valence-corrected chi connectivity index (χ2v) is 6.74. The highest BCUT2D eigenvalue weighted by molar-refractivity contribution is 5.95. The number of carbonyl (C=O) groups is 1. The van der Waals surface area contributed by atoms with Gasteiger partial charge in [0.05, 0.1) is 12.7 Å². The molecule has 1 N–H and O–H groups in total. The molecule has 1 fully saturated rings. The van der Waals surface area contributed by atoms with Crippen molar-refractivity contribution in [3.05, 3.63) is 70.8 Å². The van der Waals surface area contributed by atoms with Gasteiger partial charge >= 0.3 is 0 Å². The Bertz CT molecular complexity index is 715. The number of nitrogens with zero attached hydrogens (tertiary/aromatic N) is 1. The number of nitrogens with one attached hydrogen (secondary N) is 1. The van der Waals surface area contributed by atoms with E-state index in [1.165, 1.54) is 11.1 Å². The van der Waals surface area contributed by atoms with Crippen LogP contribution in [0.2, 0.25) is 0 Å². The van der Waals surface area contributed by atoms with Gasteiger partial charge in [-0.2, -0.15) is 0 Å². The monoisotopic (exact) mass is 338 g/mol. The molecule has 1 atom stereocenters. The van der Waals surface area contributed by atoms with Crippen molar-refractivity contribution in [2.75, 3.05) is 26.2 Å². The van der Waals surface area contributed by atoms with Crippen molar-refractivity contribution in [3.8, 4) is 0 Å². The largest absolute Gasteiger partial charge is 0.374 e. The third-order valence-corrected chi connectivity index (χ3v) is 4.59. The first-order chi connectivity index (χ1) is 12.1. The average Bonchev–Trinajstić information content (AvgIpc) is 2.61. The molecule has 4 heteroatoms. The summed E-state index contributed by atoms with van der Waals surface area (Å²) in [6.45, 7) is 7.94. The number of ether oxygens (including phenoxy) is 1. The van der Waals surface area contributed by atoms with Crippen LogP contribution in [0.4, 0.5) is 0 Å². The van der Waals surface area contributed by atoms with Crippen LogP contribution in [0.5, 0.6) is 0 Å². The summed E-state index contributed by atoms with van der Waals surface area (Å²) < 4.78 is 5.83. The average molecular weight is 338 g/mol. The minimum Gasteiger partial charge on any atom is -0.374 e. The second kappa shape index (κ2) is 8.28. The molecule has 2 aromatic carbocycles. The molecule has 1 unspecified atom stereocenters. The smallest absolute Gasteiger partial charge is 0.251 e. The highest BCUT2D eigenvalue weighted by Gasteiger charge is 2.21. The number of carbonyl (C=O) groups excluding carboxylic acids is 1. The van der Waals surface area contributed by atoms with E-state index >= 15 is 0 Å². The van der Waals surface area contributed by atoms with Gasteiger partial charge in [-0.15, -0.1) is 0 Å². The van der Waals surface area contributed by atoms with E-state index in [9.17, 15) is 4.79 Å². The van der Waals surface area contributed by atoms with Crippen molar-refractivity contribution >= 4 is 5.91 Å². The number of hydrogen-bond donors (Lipinski definition) is 1. The molecular formula is C21H26N2O2. The fourth-order valence-corrected chi connectivity index (χ4v) is 3.26. The summed E-state index contributed by atoms with van der Waals surface area (Å²) in [5, 5.41) is 3.02. The lowest BCUT2D eigenvalue weighted by molar-refractivity contribution is -0.0292. The summed E-state index contributed by atoms with van der Waals surface area (Å²) in [7, 11) is 0. The first-order valence-electron chi connectivity index (χ1n) is 8.85. The Balaban J connectivity index is 1.51. The molecule has 4 nitrogen and oxygen atoms in total. The topological polar surface area (TPSA) is 41.6 Å². The van der Waals surface area contributed by atoms with Gasteiger partial charge in [0.2, 0.25) is 0 Å². The van der Waals surface area contributed by atoms with Gasteiger partial charge in [-0.25, -0.2) is 0 Å². The molecule has 2 aromatic rings. The van der Waals surface area contributed by atoms with E-state index in [4.69, 9.17) is 4.74 Å². The van der Waals surface area contributed by atoms with Gasteiger partial charge in [-0.05, 0) is 31.0 Å². The van der Waals surface area contributed by atoms with E-state index in [-0.39, 0.29) is 12.0 Å². The molecule has 1 aliphatic heterocycles. The van der Waals surface area contributed by atoms with E-state index in [0.29, 0.717) is 13.2 Å². The first kappa shape index (κ1) is 17.6. The van der Waals surface area contributed by atoms with Gasteiger partial charge in [0, 0.05) is 31.7 Å². The van der Waals surface area contributed by atoms with Crippen molar-refractivity contribution in [1.29, 1.82) is 0 Å². The van der Waals surface area contributed by atoms with Crippen molar-refractivity contribution < 1.29 is 9.53 Å². The molecule has 3 rings (SSSR count). The molecule has 0 spiro atoms. The number of hydrogen-bond acceptors (Lipinski definition) is 3. The number of aryl methyl sites for hydroxylation is 2. The summed E-state index contributed by atoms with van der Waals surface area (Å²) in [6.07, 6.45) is 0.0344. The zero-order chi connectivity index (χ0) is 17.6. The quantitative estimate of drug-likeness (QED) is 0.911. The van der Waals surface area contributed by atoms with Gasteiger partial charge < -0.3 is 10.1 Å². The van der Waals surface area contributed by atoms with Gasteiger partial charge in [0.25, 0.3) is 5.91 Å². The fraction of sp³-hybridized carbons (Fsp3) is 0.381. The minimum absolute atomic E-state index is 0.0266. The Morgan fingerprint density at radius 2 is 2.00 bits per heavy atom. The number of amides is 1. The number of morpholine rings is 1. The van der Waals surface area contributed by atoms with Crippen LogP contribution in [-0.2, 0) is 11.3 Å². The van der Waals surface area contributed by atoms with Gasteiger partial charge in [0.15, 0.2) is 0 Å². The number of rotatable bonds is 5. The Hall–Kier alpha value is -2.17. The van der Waals surface area contributed by atoms with Crippen LogP contribution in [0.1, 0.15) is 27.0 Å². The van der Waals surface area contributed by atoms with Crippen molar-refractivity contribution in [2.24, 2.45) is 0 Å². The molecule has 1 heterocycles. The van der Waals surface area contributed by atoms with Crippen molar-refractivity contribution in [3.63, 3.8) is 0 Å². The molecule has 0 aromatic heterocycles. The number of benzene rings is 2. The Morgan fingerprint density at radius 1 is 1.20 bits per heavy atom. The van der Waals surface area contributed by atoms with Gasteiger partial charge in [-0.1, -0.05) is 48.0 Å². The molecule has 0 aliphatic carbocycles. The van der Waals surface area contributed by atoms with E-state index in [1.54, 1.807) is 0 Å². The predicted octanol–water partition coefficient (Wildman–Crippen LogP) is 2.93. The van der Waals surface area contributed by atoms with Crippen LogP contribution in [0, 0.1) is 13.8 Å². The Morgan fingerprint density at radius 3 is 2.76 bits per heavy atom. The summed E-state index contributed by atoms with van der Waals surface area (Å²) in [5.74, 6) is -0.0266. The van der Waals surface area contributed by atoms with E-state index in [0.717, 1.165) is 30.8 Å². The highest BCUT2D eigenvalue weighted by Crippen LogP contribution is 2.12. The molecule has 0 saturated carbocycles. The zero-order valence-electron chi connectivity index (χ0n) is 15.0. The van der Waals surface area contributed by atoms with Crippen molar-refractivity contribution in [2.45, 2.75) is 26.5 Å². The lowest BCUT2D eigenvalue weighted by Crippen LogP contribution is -2.47. The first-order valence-corrected chi connectivity index (χ1v) is 8.85. The Labute approximate surface area is 149 Å². The third-order valence-electron chi connectivity index (χ3n) is 4.59. The highest BCUT2D eigenvalue weighted by atomic mass is 16.5. The Kier molecular flexibility index (Phi) is 5.84. The summed E-state index contributed by atoms with van der Waals surface area (Å²) in [4.78, 5) is 14.8. The van der Waals surface area contributed by atoms with Crippen LogP contribution < -0.4 is 5.32 Å². The molecule has 0 bridgehead atoms. The van der Waals surface area contributed by atoms with Crippen LogP contribution in [0.15, 0.2) is 48.5 Å². The molecule has 1 saturated heterocycles. The third kappa shape index (κ3) is 4.91. The SMILES string of the molecule is Cc1ccc(C(=O)NCC2CN(Cc3ccccc3)CCO2)c(C)c1. The minimum atomic E-state index is -0.0266. The zero-order valence-corrected chi connectivity index (χ0v) is 15.0. The van der Waals surface area contributed by atoms with Crippen molar-refractivity contribution in [1.82, 2.24) is 10.2 Å². The maximum absolute atomic E-state index is 12.4. The molecule has 1 aliphatic rings. The van der Waals surface area contributed by atoms with E-state index in [1.807, 2.05) is 38.1 Å².